The number of ether oxygens (including phenoxy) is 1. The number of nitrogens with zero attached hydrogens (tertiary/aromatic N) is 2. The van der Waals surface area contributed by atoms with Gasteiger partial charge in [-0.15, -0.1) is 0 Å². The van der Waals surface area contributed by atoms with Crippen molar-refractivity contribution in [3.8, 4) is 17.0 Å². The van der Waals surface area contributed by atoms with Crippen LogP contribution in [0.2, 0.25) is 0 Å². The van der Waals surface area contributed by atoms with Crippen molar-refractivity contribution < 1.29 is 13.9 Å². The summed E-state index contributed by atoms with van der Waals surface area (Å²) in [6.45, 7) is 4.44. The van der Waals surface area contributed by atoms with Crippen LogP contribution in [0.25, 0.3) is 11.3 Å². The average Bonchev–Trinajstić information content (AvgIpc) is 2.94. The summed E-state index contributed by atoms with van der Waals surface area (Å²) >= 11 is 0. The second-order valence-corrected chi connectivity index (χ2v) is 10.2. The van der Waals surface area contributed by atoms with Gasteiger partial charge >= 0.3 is 5.97 Å². The lowest BCUT2D eigenvalue weighted by Crippen LogP contribution is -2.12. The predicted molar refractivity (Wildman–Crippen MR) is 153 cm³/mol. The molecule has 1 aromatic heterocycles. The van der Waals surface area contributed by atoms with E-state index in [0.29, 0.717) is 5.69 Å². The summed E-state index contributed by atoms with van der Waals surface area (Å²) in [5.74, 6) is -1.35. The number of rotatable bonds is 17. The van der Waals surface area contributed by atoms with Crippen molar-refractivity contribution in [2.24, 2.45) is 0 Å². The topological polar surface area (TPSA) is 52.1 Å². The Morgan fingerprint density at radius 2 is 1.29 bits per heavy atom. The van der Waals surface area contributed by atoms with Gasteiger partial charge in [-0.2, -0.15) is 0 Å². The molecule has 3 aromatic rings. The Bertz CT molecular complexity index is 1100. The number of unbranched alkanes of at least 4 members (excludes halogenated alkanes) is 10. The van der Waals surface area contributed by atoms with Crippen molar-refractivity contribution >= 4 is 5.97 Å². The van der Waals surface area contributed by atoms with Crippen molar-refractivity contribution in [1.82, 2.24) is 9.97 Å². The maximum absolute atomic E-state index is 14.6. The van der Waals surface area contributed by atoms with Gasteiger partial charge in [0.2, 0.25) is 0 Å². The van der Waals surface area contributed by atoms with Gasteiger partial charge in [0.15, 0.2) is 17.3 Å². The summed E-state index contributed by atoms with van der Waals surface area (Å²) < 4.78 is 19.8. The quantitative estimate of drug-likeness (QED) is 0.101. The zero-order chi connectivity index (χ0) is 27.0. The molecule has 0 aliphatic heterocycles. The third kappa shape index (κ3) is 10.00. The van der Waals surface area contributed by atoms with Crippen molar-refractivity contribution in [1.29, 1.82) is 0 Å². The number of aromatic nitrogens is 2. The van der Waals surface area contributed by atoms with Gasteiger partial charge in [-0.3, -0.25) is 4.98 Å². The van der Waals surface area contributed by atoms with Crippen LogP contribution in [0, 0.1) is 5.82 Å². The van der Waals surface area contributed by atoms with E-state index in [1.54, 1.807) is 6.20 Å². The first-order valence-corrected chi connectivity index (χ1v) is 14.5. The van der Waals surface area contributed by atoms with Crippen LogP contribution in [-0.4, -0.2) is 15.9 Å². The summed E-state index contributed by atoms with van der Waals surface area (Å²) in [6.07, 6.45) is 19.7. The van der Waals surface area contributed by atoms with Crippen LogP contribution in [0.1, 0.15) is 113 Å². The molecule has 5 heteroatoms. The van der Waals surface area contributed by atoms with Gasteiger partial charge in [-0.1, -0.05) is 108 Å². The van der Waals surface area contributed by atoms with Crippen LogP contribution in [0.15, 0.2) is 54.9 Å². The molecule has 0 spiro atoms. The number of aryl methyl sites for hydroxylation is 2. The van der Waals surface area contributed by atoms with Crippen LogP contribution in [0.5, 0.6) is 5.75 Å². The highest BCUT2D eigenvalue weighted by Crippen LogP contribution is 2.22. The molecule has 0 amide bonds. The molecule has 1 heterocycles. The van der Waals surface area contributed by atoms with Crippen molar-refractivity contribution in [3.05, 3.63) is 77.5 Å². The fourth-order valence-corrected chi connectivity index (χ4v) is 4.58. The smallest absolute Gasteiger partial charge is 0.364 e. The molecule has 0 saturated heterocycles. The minimum absolute atomic E-state index is 0.0454. The molecule has 0 aliphatic rings. The molecule has 2 aromatic carbocycles. The Labute approximate surface area is 228 Å². The molecule has 0 atom stereocenters. The lowest BCUT2D eigenvalue weighted by molar-refractivity contribution is 0.0721. The molecule has 0 aliphatic carbocycles. The van der Waals surface area contributed by atoms with Gasteiger partial charge in [0.05, 0.1) is 18.1 Å². The standard InChI is InChI=1S/C33H43FN2O2/c1-3-5-7-9-11-13-15-26-17-20-28(21-18-26)30-24-36-31(25-35-30)33(37)38-32-22-19-27(23-29(32)34)16-14-12-10-8-6-4-2/h17-25H,3-16H2,1-2H3. The number of carbonyl (C=O) groups is 1. The molecule has 204 valence electrons. The van der Waals surface area contributed by atoms with Crippen LogP contribution in [0.4, 0.5) is 4.39 Å². The fraction of sp³-hybridized carbons (Fsp3) is 0.485. The summed E-state index contributed by atoms with van der Waals surface area (Å²) in [5.41, 5.74) is 3.90. The van der Waals surface area contributed by atoms with Gasteiger partial charge in [-0.05, 0) is 48.9 Å². The Hall–Kier alpha value is -3.08. The minimum Gasteiger partial charge on any atom is -0.419 e. The van der Waals surface area contributed by atoms with Crippen molar-refractivity contribution in [2.45, 2.75) is 104 Å². The van der Waals surface area contributed by atoms with Crippen molar-refractivity contribution in [2.75, 3.05) is 0 Å². The first-order chi connectivity index (χ1) is 18.6. The SMILES string of the molecule is CCCCCCCCc1ccc(-c2cnc(C(=O)Oc3ccc(CCCCCCCC)cc3F)cn2)cc1. The number of halogens is 1. The first kappa shape index (κ1) is 29.5. The van der Waals surface area contributed by atoms with Gasteiger partial charge in [0.1, 0.15) is 0 Å². The van der Waals surface area contributed by atoms with E-state index in [-0.39, 0.29) is 11.4 Å². The zero-order valence-electron chi connectivity index (χ0n) is 23.2. The molecular weight excluding hydrogens is 475 g/mol. The van der Waals surface area contributed by atoms with E-state index in [2.05, 4.69) is 35.9 Å². The molecule has 4 nitrogen and oxygen atoms in total. The third-order valence-corrected chi connectivity index (χ3v) is 6.95. The second-order valence-electron chi connectivity index (χ2n) is 10.2. The van der Waals surface area contributed by atoms with E-state index >= 15 is 0 Å². The molecule has 0 radical (unpaired) electrons. The second kappa shape index (κ2) is 16.7. The van der Waals surface area contributed by atoms with E-state index in [0.717, 1.165) is 36.8 Å². The van der Waals surface area contributed by atoms with E-state index in [4.69, 9.17) is 4.74 Å². The largest absolute Gasteiger partial charge is 0.419 e. The molecule has 0 bridgehead atoms. The lowest BCUT2D eigenvalue weighted by atomic mass is 10.0. The third-order valence-electron chi connectivity index (χ3n) is 6.95. The molecule has 0 fully saturated rings. The van der Waals surface area contributed by atoms with E-state index in [9.17, 15) is 9.18 Å². The normalized spacial score (nSPS) is 11.0. The number of hydrogen-bond donors (Lipinski definition) is 0. The summed E-state index contributed by atoms with van der Waals surface area (Å²) in [6, 6.07) is 13.1. The lowest BCUT2D eigenvalue weighted by Gasteiger charge is -2.08. The maximum atomic E-state index is 14.6. The van der Waals surface area contributed by atoms with Gasteiger partial charge in [-0.25, -0.2) is 14.2 Å². The van der Waals surface area contributed by atoms with Crippen LogP contribution in [-0.2, 0) is 12.8 Å². The van der Waals surface area contributed by atoms with Gasteiger partial charge < -0.3 is 4.74 Å². The highest BCUT2D eigenvalue weighted by molar-refractivity contribution is 5.88. The summed E-state index contributed by atoms with van der Waals surface area (Å²) in [7, 11) is 0. The van der Waals surface area contributed by atoms with E-state index in [1.165, 1.54) is 88.1 Å². The fourth-order valence-electron chi connectivity index (χ4n) is 4.58. The Balaban J connectivity index is 1.47. The van der Waals surface area contributed by atoms with Gasteiger partial charge in [0, 0.05) is 5.56 Å². The maximum Gasteiger partial charge on any atom is 0.364 e. The van der Waals surface area contributed by atoms with Crippen LogP contribution >= 0.6 is 0 Å². The van der Waals surface area contributed by atoms with Crippen LogP contribution < -0.4 is 4.74 Å². The number of carbonyl (C=O) groups excluding carboxylic acids is 1. The molecule has 0 N–H and O–H groups in total. The Morgan fingerprint density at radius 3 is 1.87 bits per heavy atom. The number of esters is 1. The highest BCUT2D eigenvalue weighted by Gasteiger charge is 2.15. The average molecular weight is 519 g/mol. The zero-order valence-corrected chi connectivity index (χ0v) is 23.2. The summed E-state index contributed by atoms with van der Waals surface area (Å²) in [5, 5.41) is 0. The molecule has 0 unspecified atom stereocenters. The number of hydrogen-bond acceptors (Lipinski definition) is 4. The highest BCUT2D eigenvalue weighted by atomic mass is 19.1. The Kier molecular flexibility index (Phi) is 13.0. The monoisotopic (exact) mass is 518 g/mol. The molecule has 0 saturated carbocycles. The summed E-state index contributed by atoms with van der Waals surface area (Å²) in [4.78, 5) is 21.1. The molecule has 38 heavy (non-hydrogen) atoms. The predicted octanol–water partition coefficient (Wildman–Crippen LogP) is 9.31. The van der Waals surface area contributed by atoms with Gasteiger partial charge in [0.25, 0.3) is 0 Å². The van der Waals surface area contributed by atoms with E-state index < -0.39 is 11.8 Å². The first-order valence-electron chi connectivity index (χ1n) is 14.5. The molecular formula is C33H43FN2O2. The van der Waals surface area contributed by atoms with Crippen molar-refractivity contribution in [3.63, 3.8) is 0 Å². The molecule has 3 rings (SSSR count). The number of benzene rings is 2. The Morgan fingerprint density at radius 1 is 0.711 bits per heavy atom. The van der Waals surface area contributed by atoms with E-state index in [1.807, 2.05) is 18.2 Å². The minimum atomic E-state index is -0.721. The van der Waals surface area contributed by atoms with Crippen LogP contribution in [0.3, 0.4) is 0 Å².